The van der Waals surface area contributed by atoms with Crippen LogP contribution in [0.1, 0.15) is 10.5 Å². The number of aromatic nitrogens is 1. The molecule has 0 unspecified atom stereocenters. The van der Waals surface area contributed by atoms with Crippen molar-refractivity contribution in [3.8, 4) is 11.5 Å². The molecule has 0 saturated carbocycles. The zero-order valence-electron chi connectivity index (χ0n) is 11.2. The van der Waals surface area contributed by atoms with Crippen molar-refractivity contribution in [3.05, 3.63) is 52.3 Å². The fourth-order valence-electron chi connectivity index (χ4n) is 1.55. The van der Waals surface area contributed by atoms with Gasteiger partial charge in [-0.05, 0) is 18.2 Å². The Balaban J connectivity index is 2.33. The molecule has 4 nitrogen and oxygen atoms in total. The van der Waals surface area contributed by atoms with Crippen LogP contribution in [-0.2, 0) is 0 Å². The Morgan fingerprint density at radius 2 is 2.00 bits per heavy atom. The van der Waals surface area contributed by atoms with Gasteiger partial charge in [0, 0.05) is 30.8 Å². The van der Waals surface area contributed by atoms with Crippen molar-refractivity contribution >= 4 is 21.8 Å². The summed E-state index contributed by atoms with van der Waals surface area (Å²) in [4.78, 5) is 17.1. The minimum atomic E-state index is -1.10. The molecule has 7 heteroatoms. The first-order chi connectivity index (χ1) is 9.88. The van der Waals surface area contributed by atoms with Crippen LogP contribution in [0.2, 0.25) is 0 Å². The lowest BCUT2D eigenvalue weighted by Gasteiger charge is -2.11. The minimum Gasteiger partial charge on any atom is -0.454 e. The zero-order valence-corrected chi connectivity index (χ0v) is 12.8. The first-order valence-corrected chi connectivity index (χ1v) is 6.68. The largest absolute Gasteiger partial charge is 0.454 e. The summed E-state index contributed by atoms with van der Waals surface area (Å²) in [5, 5.41) is 0. The molecule has 1 amide bonds. The number of carbonyl (C=O) groups is 1. The molecule has 2 aromatic rings. The average molecular weight is 357 g/mol. The van der Waals surface area contributed by atoms with E-state index in [1.165, 1.54) is 29.3 Å². The predicted molar refractivity (Wildman–Crippen MR) is 76.4 cm³/mol. The summed E-state index contributed by atoms with van der Waals surface area (Å²) in [5.41, 5.74) is 0.147. The summed E-state index contributed by atoms with van der Waals surface area (Å²) in [6, 6.07) is 5.10. The highest BCUT2D eigenvalue weighted by molar-refractivity contribution is 9.10. The Labute approximate surface area is 128 Å². The van der Waals surface area contributed by atoms with Gasteiger partial charge in [0.15, 0.2) is 11.6 Å². The molecular weight excluding hydrogens is 346 g/mol. The Kier molecular flexibility index (Phi) is 4.52. The molecule has 1 aromatic carbocycles. The molecule has 0 aliphatic rings. The molecule has 0 bridgehead atoms. The highest BCUT2D eigenvalue weighted by atomic mass is 79.9. The number of hydrogen-bond donors (Lipinski definition) is 0. The van der Waals surface area contributed by atoms with E-state index in [1.807, 2.05) is 0 Å². The fourth-order valence-corrected chi connectivity index (χ4v) is 1.96. The van der Waals surface area contributed by atoms with Crippen LogP contribution in [0.15, 0.2) is 34.9 Å². The molecule has 1 aromatic heterocycles. The van der Waals surface area contributed by atoms with E-state index >= 15 is 0 Å². The molecular formula is C14H11BrF2N2O2. The van der Waals surface area contributed by atoms with Gasteiger partial charge in [0.05, 0.1) is 0 Å². The number of hydrogen-bond acceptors (Lipinski definition) is 3. The van der Waals surface area contributed by atoms with Crippen LogP contribution in [-0.4, -0.2) is 29.9 Å². The van der Waals surface area contributed by atoms with Crippen molar-refractivity contribution in [2.24, 2.45) is 0 Å². The molecule has 0 N–H and O–H groups in total. The van der Waals surface area contributed by atoms with E-state index in [9.17, 15) is 13.6 Å². The van der Waals surface area contributed by atoms with E-state index in [0.717, 1.165) is 6.07 Å². The minimum absolute atomic E-state index is 0.147. The van der Waals surface area contributed by atoms with Gasteiger partial charge in [0.25, 0.3) is 5.91 Å². The standard InChI is InChI=1S/C14H11BrF2N2O2/c1-19(2)14(20)11-7-9(3-4-18-11)21-12-6-8(15)5-10(16)13(12)17/h3-7H,1-2H3. The van der Waals surface area contributed by atoms with Gasteiger partial charge in [-0.15, -0.1) is 0 Å². The smallest absolute Gasteiger partial charge is 0.272 e. The fraction of sp³-hybridized carbons (Fsp3) is 0.143. The Bertz CT molecular complexity index is 693. The van der Waals surface area contributed by atoms with Gasteiger partial charge in [-0.1, -0.05) is 15.9 Å². The SMILES string of the molecule is CN(C)C(=O)c1cc(Oc2cc(Br)cc(F)c2F)ccn1. The van der Waals surface area contributed by atoms with Gasteiger partial charge in [-0.2, -0.15) is 4.39 Å². The lowest BCUT2D eigenvalue weighted by atomic mass is 10.3. The number of pyridine rings is 1. The van der Waals surface area contributed by atoms with Gasteiger partial charge < -0.3 is 9.64 Å². The Morgan fingerprint density at radius 3 is 2.67 bits per heavy atom. The summed E-state index contributed by atoms with van der Waals surface area (Å²) in [5.74, 6) is -2.54. The number of nitrogens with zero attached hydrogens (tertiary/aromatic N) is 2. The van der Waals surface area contributed by atoms with E-state index in [-0.39, 0.29) is 23.1 Å². The number of halogens is 3. The van der Waals surface area contributed by atoms with Crippen LogP contribution in [0.25, 0.3) is 0 Å². The third kappa shape index (κ3) is 3.55. The number of rotatable bonds is 3. The number of benzene rings is 1. The molecule has 0 aliphatic heterocycles. The molecule has 0 fully saturated rings. The highest BCUT2D eigenvalue weighted by Crippen LogP contribution is 2.29. The molecule has 1 heterocycles. The lowest BCUT2D eigenvalue weighted by molar-refractivity contribution is 0.0821. The van der Waals surface area contributed by atoms with E-state index in [1.54, 1.807) is 14.1 Å². The molecule has 0 radical (unpaired) electrons. The summed E-state index contributed by atoms with van der Waals surface area (Å²) in [7, 11) is 3.17. The molecule has 2 rings (SSSR count). The van der Waals surface area contributed by atoms with Crippen LogP contribution in [0, 0.1) is 11.6 Å². The Morgan fingerprint density at radius 1 is 1.29 bits per heavy atom. The first kappa shape index (κ1) is 15.4. The summed E-state index contributed by atoms with van der Waals surface area (Å²) in [6.45, 7) is 0. The second kappa shape index (κ2) is 6.17. The van der Waals surface area contributed by atoms with E-state index in [4.69, 9.17) is 4.74 Å². The van der Waals surface area contributed by atoms with Crippen molar-refractivity contribution in [2.75, 3.05) is 14.1 Å². The summed E-state index contributed by atoms with van der Waals surface area (Å²) >= 11 is 3.06. The quantitative estimate of drug-likeness (QED) is 0.788. The molecule has 0 aliphatic carbocycles. The maximum absolute atomic E-state index is 13.6. The lowest BCUT2D eigenvalue weighted by Crippen LogP contribution is -2.22. The van der Waals surface area contributed by atoms with Crippen LogP contribution in [0.5, 0.6) is 11.5 Å². The van der Waals surface area contributed by atoms with Crippen LogP contribution >= 0.6 is 15.9 Å². The van der Waals surface area contributed by atoms with Crippen LogP contribution in [0.4, 0.5) is 8.78 Å². The van der Waals surface area contributed by atoms with Crippen molar-refractivity contribution in [2.45, 2.75) is 0 Å². The topological polar surface area (TPSA) is 42.4 Å². The van der Waals surface area contributed by atoms with Gasteiger partial charge in [-0.3, -0.25) is 9.78 Å². The molecule has 110 valence electrons. The molecule has 0 atom stereocenters. The predicted octanol–water partition coefficient (Wildman–Crippen LogP) is 3.62. The highest BCUT2D eigenvalue weighted by Gasteiger charge is 2.14. The van der Waals surface area contributed by atoms with Gasteiger partial charge in [0.1, 0.15) is 11.4 Å². The van der Waals surface area contributed by atoms with Crippen LogP contribution < -0.4 is 4.74 Å². The van der Waals surface area contributed by atoms with Crippen molar-refractivity contribution in [1.82, 2.24) is 9.88 Å². The van der Waals surface area contributed by atoms with Crippen molar-refractivity contribution < 1.29 is 18.3 Å². The third-order valence-corrected chi connectivity index (χ3v) is 3.00. The normalized spacial score (nSPS) is 10.3. The second-order valence-corrected chi connectivity index (χ2v) is 5.29. The van der Waals surface area contributed by atoms with E-state index < -0.39 is 11.6 Å². The molecule has 21 heavy (non-hydrogen) atoms. The van der Waals surface area contributed by atoms with E-state index in [2.05, 4.69) is 20.9 Å². The summed E-state index contributed by atoms with van der Waals surface area (Å²) in [6.07, 6.45) is 1.36. The van der Waals surface area contributed by atoms with Gasteiger partial charge >= 0.3 is 0 Å². The Hall–Kier alpha value is -2.02. The maximum atomic E-state index is 13.6. The third-order valence-electron chi connectivity index (χ3n) is 2.54. The average Bonchev–Trinajstić information content (AvgIpc) is 2.43. The number of amides is 1. The van der Waals surface area contributed by atoms with E-state index in [0.29, 0.717) is 4.47 Å². The van der Waals surface area contributed by atoms with Gasteiger partial charge in [0.2, 0.25) is 5.82 Å². The maximum Gasteiger partial charge on any atom is 0.272 e. The molecule has 0 spiro atoms. The van der Waals surface area contributed by atoms with Gasteiger partial charge in [-0.25, -0.2) is 4.39 Å². The molecule has 0 saturated heterocycles. The number of carbonyl (C=O) groups excluding carboxylic acids is 1. The second-order valence-electron chi connectivity index (χ2n) is 4.38. The zero-order chi connectivity index (χ0) is 15.6. The van der Waals surface area contributed by atoms with Crippen molar-refractivity contribution in [3.63, 3.8) is 0 Å². The van der Waals surface area contributed by atoms with Crippen molar-refractivity contribution in [1.29, 1.82) is 0 Å². The first-order valence-electron chi connectivity index (χ1n) is 5.88. The van der Waals surface area contributed by atoms with Crippen LogP contribution in [0.3, 0.4) is 0 Å². The monoisotopic (exact) mass is 356 g/mol. The summed E-state index contributed by atoms with van der Waals surface area (Å²) < 4.78 is 32.6. The number of ether oxygens (including phenoxy) is 1.